The molecule has 0 atom stereocenters. The summed E-state index contributed by atoms with van der Waals surface area (Å²) >= 11 is 0. The van der Waals surface area contributed by atoms with E-state index in [0.717, 1.165) is 0 Å². The fourth-order valence-electron chi connectivity index (χ4n) is 1.71. The Morgan fingerprint density at radius 2 is 1.71 bits per heavy atom. The first-order valence-corrected chi connectivity index (χ1v) is 9.04. The lowest BCUT2D eigenvalue weighted by atomic mass is 9.92. The predicted octanol–water partition coefficient (Wildman–Crippen LogP) is 3.80. The second-order valence-corrected chi connectivity index (χ2v) is 9.58. The van der Waals surface area contributed by atoms with Gasteiger partial charge in [0.2, 0.25) is 8.32 Å². The molecule has 1 aliphatic carbocycles. The summed E-state index contributed by atoms with van der Waals surface area (Å²) in [5, 5.41) is 0. The van der Waals surface area contributed by atoms with Gasteiger partial charge in [0.15, 0.2) is 11.5 Å². The second-order valence-electron chi connectivity index (χ2n) is 5.15. The van der Waals surface area contributed by atoms with Gasteiger partial charge in [-0.1, -0.05) is 0 Å². The minimum atomic E-state index is -4.57. The molecule has 0 spiro atoms. The molecule has 0 heterocycles. The molecule has 1 aliphatic rings. The highest BCUT2D eigenvalue weighted by Crippen LogP contribution is 2.35. The Morgan fingerprint density at radius 3 is 2.12 bits per heavy atom. The first-order valence-electron chi connectivity index (χ1n) is 5.64. The Bertz CT molecular complexity index is 340. The molecule has 0 radical (unpaired) electrons. The Kier molecular flexibility index (Phi) is 4.06. The smallest absolute Gasteiger partial charge is 0.447 e. The zero-order chi connectivity index (χ0) is 13.3. The number of hydrogen-bond donors (Lipinski definition) is 0. The number of Topliss-reactive ketones (excluding diaryl/α,β-unsaturated/α-hetero) is 1. The van der Waals surface area contributed by atoms with Gasteiger partial charge in [-0.2, -0.15) is 13.2 Å². The van der Waals surface area contributed by atoms with Crippen molar-refractivity contribution in [2.24, 2.45) is 0 Å². The van der Waals surface area contributed by atoms with Gasteiger partial charge >= 0.3 is 6.18 Å². The molecular formula is C11H17F3O2Si. The van der Waals surface area contributed by atoms with Gasteiger partial charge in [-0.15, -0.1) is 0 Å². The molecular weight excluding hydrogens is 249 g/mol. The average Bonchev–Trinajstić information content (AvgIpc) is 2.12. The maximum atomic E-state index is 12.9. The van der Waals surface area contributed by atoms with Crippen molar-refractivity contribution in [1.29, 1.82) is 0 Å². The molecule has 1 saturated carbocycles. The molecule has 0 aromatic carbocycles. The number of alkyl halides is 3. The van der Waals surface area contributed by atoms with E-state index in [1.807, 2.05) is 0 Å². The fraction of sp³-hybridized carbons (Fsp3) is 0.727. The van der Waals surface area contributed by atoms with Crippen LogP contribution in [0.3, 0.4) is 0 Å². The van der Waals surface area contributed by atoms with Crippen molar-refractivity contribution < 1.29 is 22.4 Å². The van der Waals surface area contributed by atoms with Crippen LogP contribution in [-0.2, 0) is 9.22 Å². The summed E-state index contributed by atoms with van der Waals surface area (Å²) in [5.74, 6) is -1.46. The summed E-state index contributed by atoms with van der Waals surface area (Å²) in [6.45, 7) is 5.02. The van der Waals surface area contributed by atoms with Gasteiger partial charge in [-0.3, -0.25) is 4.79 Å². The maximum Gasteiger partial charge on any atom is 0.447 e. The van der Waals surface area contributed by atoms with E-state index >= 15 is 0 Å². The van der Waals surface area contributed by atoms with Crippen LogP contribution in [0.15, 0.2) is 11.3 Å². The first kappa shape index (κ1) is 14.3. The van der Waals surface area contributed by atoms with Crippen molar-refractivity contribution in [2.75, 3.05) is 0 Å². The number of halogens is 3. The zero-order valence-corrected chi connectivity index (χ0v) is 11.3. The van der Waals surface area contributed by atoms with Gasteiger partial charge < -0.3 is 4.43 Å². The van der Waals surface area contributed by atoms with Gasteiger partial charge in [0.05, 0.1) is 0 Å². The Balaban J connectivity index is 3.12. The topological polar surface area (TPSA) is 26.3 Å². The minimum absolute atomic E-state index is 0.161. The molecule has 0 aliphatic heterocycles. The van der Waals surface area contributed by atoms with Crippen LogP contribution in [0.25, 0.3) is 0 Å². The van der Waals surface area contributed by atoms with Gasteiger partial charge in [-0.25, -0.2) is 0 Å². The highest BCUT2D eigenvalue weighted by Gasteiger charge is 2.42. The van der Waals surface area contributed by atoms with Crippen molar-refractivity contribution in [2.45, 2.75) is 51.5 Å². The number of carbonyl (C=O) groups excluding carboxylic acids is 1. The SMILES string of the molecule is C[Si](C)(C)O/C(=C1/CCCCC1=O)C(F)(F)F. The van der Waals surface area contributed by atoms with E-state index in [4.69, 9.17) is 4.43 Å². The van der Waals surface area contributed by atoms with Crippen molar-refractivity contribution in [3.63, 3.8) is 0 Å². The number of rotatable bonds is 2. The van der Waals surface area contributed by atoms with Crippen molar-refractivity contribution in [3.8, 4) is 0 Å². The monoisotopic (exact) mass is 266 g/mol. The lowest BCUT2D eigenvalue weighted by Gasteiger charge is -2.27. The molecule has 0 aromatic rings. The summed E-state index contributed by atoms with van der Waals surface area (Å²) in [7, 11) is -2.37. The number of allylic oxidation sites excluding steroid dienone is 2. The fourth-order valence-corrected chi connectivity index (χ4v) is 2.57. The second kappa shape index (κ2) is 4.84. The maximum absolute atomic E-state index is 12.9. The Morgan fingerprint density at radius 1 is 1.18 bits per heavy atom. The summed E-state index contributed by atoms with van der Waals surface area (Å²) in [6, 6.07) is 0. The third-order valence-corrected chi connectivity index (χ3v) is 3.17. The van der Waals surface area contributed by atoms with Crippen molar-refractivity contribution >= 4 is 14.1 Å². The summed E-state index contributed by atoms with van der Waals surface area (Å²) in [5.41, 5.74) is -0.161. The third kappa shape index (κ3) is 4.18. The normalized spacial score (nSPS) is 21.4. The summed E-state index contributed by atoms with van der Waals surface area (Å²) in [4.78, 5) is 11.5. The summed E-state index contributed by atoms with van der Waals surface area (Å²) in [6.07, 6.45) is -2.90. The molecule has 0 amide bonds. The molecule has 1 fully saturated rings. The van der Waals surface area contributed by atoms with E-state index in [-0.39, 0.29) is 18.4 Å². The van der Waals surface area contributed by atoms with Crippen LogP contribution in [-0.4, -0.2) is 20.3 Å². The molecule has 0 bridgehead atoms. The third-order valence-electron chi connectivity index (χ3n) is 2.36. The van der Waals surface area contributed by atoms with Crippen LogP contribution in [0.4, 0.5) is 13.2 Å². The van der Waals surface area contributed by atoms with E-state index in [1.165, 1.54) is 0 Å². The average molecular weight is 266 g/mol. The minimum Gasteiger partial charge on any atom is -0.541 e. The standard InChI is InChI=1S/C11H17F3O2Si/c1-17(2,3)16-10(11(12,13)14)8-6-4-5-7-9(8)15/h4-7H2,1-3H3/b10-8-. The molecule has 6 heteroatoms. The van der Waals surface area contributed by atoms with E-state index in [2.05, 4.69) is 0 Å². The summed E-state index contributed by atoms with van der Waals surface area (Å²) < 4.78 is 43.8. The van der Waals surface area contributed by atoms with E-state index in [9.17, 15) is 18.0 Å². The Hall–Kier alpha value is -0.783. The highest BCUT2D eigenvalue weighted by atomic mass is 28.4. The Labute approximate surface area is 100.0 Å². The largest absolute Gasteiger partial charge is 0.541 e. The van der Waals surface area contributed by atoms with Gasteiger partial charge in [-0.05, 0) is 38.9 Å². The molecule has 0 saturated heterocycles. The lowest BCUT2D eigenvalue weighted by molar-refractivity contribution is -0.126. The van der Waals surface area contributed by atoms with E-state index in [1.54, 1.807) is 19.6 Å². The molecule has 0 N–H and O–H groups in total. The molecule has 0 unspecified atom stereocenters. The molecule has 2 nitrogen and oxygen atoms in total. The molecule has 0 aromatic heterocycles. The van der Waals surface area contributed by atoms with Crippen LogP contribution in [0.2, 0.25) is 19.6 Å². The van der Waals surface area contributed by atoms with Crippen LogP contribution in [0.1, 0.15) is 25.7 Å². The van der Waals surface area contributed by atoms with E-state index in [0.29, 0.717) is 12.8 Å². The highest BCUT2D eigenvalue weighted by molar-refractivity contribution is 6.70. The predicted molar refractivity (Wildman–Crippen MR) is 61.0 cm³/mol. The van der Waals surface area contributed by atoms with Crippen LogP contribution < -0.4 is 0 Å². The van der Waals surface area contributed by atoms with Crippen molar-refractivity contribution in [3.05, 3.63) is 11.3 Å². The van der Waals surface area contributed by atoms with Gasteiger partial charge in [0.1, 0.15) is 0 Å². The zero-order valence-electron chi connectivity index (χ0n) is 10.3. The van der Waals surface area contributed by atoms with E-state index < -0.39 is 26.0 Å². The number of ketones is 1. The first-order chi connectivity index (χ1) is 7.61. The van der Waals surface area contributed by atoms with Crippen LogP contribution in [0, 0.1) is 0 Å². The quantitative estimate of drug-likeness (QED) is 0.432. The number of hydrogen-bond acceptors (Lipinski definition) is 2. The van der Waals surface area contributed by atoms with Crippen molar-refractivity contribution in [1.82, 2.24) is 0 Å². The molecule has 98 valence electrons. The molecule has 17 heavy (non-hydrogen) atoms. The number of carbonyl (C=O) groups is 1. The van der Waals surface area contributed by atoms with Gasteiger partial charge in [0, 0.05) is 12.0 Å². The molecule has 1 rings (SSSR count). The van der Waals surface area contributed by atoms with Crippen LogP contribution in [0.5, 0.6) is 0 Å². The van der Waals surface area contributed by atoms with Crippen LogP contribution >= 0.6 is 0 Å². The lowest BCUT2D eigenvalue weighted by Crippen LogP contribution is -2.32. The van der Waals surface area contributed by atoms with Gasteiger partial charge in [0.25, 0.3) is 0 Å².